The van der Waals surface area contributed by atoms with Crippen LogP contribution in [0.2, 0.25) is 10.0 Å². The molecule has 0 aliphatic carbocycles. The van der Waals surface area contributed by atoms with Gasteiger partial charge < -0.3 is 10.1 Å². The minimum Gasteiger partial charge on any atom is -0.478 e. The molecule has 1 amide bonds. The summed E-state index contributed by atoms with van der Waals surface area (Å²) < 4.78 is 69.9. The van der Waals surface area contributed by atoms with E-state index in [2.05, 4.69) is 5.32 Å². The SMILES string of the molecule is CS(=O)(=O)N1CCC(C(=O)Nc2cc(C(F)(F)F)ccc2Cl)Oc2ccc(Cl)cc21. The molecule has 0 aromatic heterocycles. The van der Waals surface area contributed by atoms with Crippen LogP contribution < -0.4 is 14.4 Å². The number of hydrogen-bond acceptors (Lipinski definition) is 4. The maximum Gasteiger partial charge on any atom is 0.416 e. The standard InChI is InChI=1S/C18H15Cl2F3N2O4S/c1-30(27,28)25-7-6-16(29-15-5-3-11(19)9-14(15)25)17(26)24-13-8-10(18(21,22)23)2-4-12(13)20/h2-5,8-9,16H,6-7H2,1H3,(H,24,26). The van der Waals surface area contributed by atoms with Gasteiger partial charge in [0.2, 0.25) is 10.0 Å². The van der Waals surface area contributed by atoms with Gasteiger partial charge in [-0.1, -0.05) is 23.2 Å². The zero-order valence-corrected chi connectivity index (χ0v) is 17.7. The fraction of sp³-hybridized carbons (Fsp3) is 0.278. The highest BCUT2D eigenvalue weighted by Crippen LogP contribution is 2.37. The molecule has 0 saturated heterocycles. The minimum atomic E-state index is -4.61. The second kappa shape index (κ2) is 8.16. The van der Waals surface area contributed by atoms with Gasteiger partial charge in [0.05, 0.1) is 28.2 Å². The number of nitrogens with zero attached hydrogens (tertiary/aromatic N) is 1. The Morgan fingerprint density at radius 3 is 2.53 bits per heavy atom. The van der Waals surface area contributed by atoms with Crippen molar-refractivity contribution in [1.29, 1.82) is 0 Å². The highest BCUT2D eigenvalue weighted by Gasteiger charge is 2.33. The van der Waals surface area contributed by atoms with E-state index < -0.39 is 33.8 Å². The number of alkyl halides is 3. The van der Waals surface area contributed by atoms with E-state index in [1.54, 1.807) is 0 Å². The van der Waals surface area contributed by atoms with Crippen LogP contribution in [0.1, 0.15) is 12.0 Å². The third-order valence-electron chi connectivity index (χ3n) is 4.30. The molecule has 1 aliphatic heterocycles. The molecule has 0 bridgehead atoms. The predicted molar refractivity (Wildman–Crippen MR) is 108 cm³/mol. The van der Waals surface area contributed by atoms with Gasteiger partial charge in [-0.05, 0) is 36.4 Å². The average molecular weight is 483 g/mol. The van der Waals surface area contributed by atoms with Crippen molar-refractivity contribution >= 4 is 50.5 Å². The molecule has 1 atom stereocenters. The average Bonchev–Trinajstić information content (AvgIpc) is 2.81. The number of nitrogens with one attached hydrogen (secondary N) is 1. The minimum absolute atomic E-state index is 0.0538. The topological polar surface area (TPSA) is 75.7 Å². The quantitative estimate of drug-likeness (QED) is 0.695. The number of hydrogen-bond donors (Lipinski definition) is 1. The number of ether oxygens (including phenoxy) is 1. The summed E-state index contributed by atoms with van der Waals surface area (Å²) >= 11 is 11.9. The summed E-state index contributed by atoms with van der Waals surface area (Å²) in [6.45, 7) is -0.0966. The number of carbonyl (C=O) groups excluding carboxylic acids is 1. The second-order valence-electron chi connectivity index (χ2n) is 6.52. The maximum absolute atomic E-state index is 12.9. The van der Waals surface area contributed by atoms with Gasteiger partial charge in [-0.15, -0.1) is 0 Å². The Balaban J connectivity index is 1.89. The third kappa shape index (κ3) is 4.93. The van der Waals surface area contributed by atoms with Gasteiger partial charge in [-0.3, -0.25) is 9.10 Å². The summed E-state index contributed by atoms with van der Waals surface area (Å²) in [7, 11) is -3.70. The number of anilines is 2. The first kappa shape index (κ1) is 22.5. The van der Waals surface area contributed by atoms with Crippen LogP contribution in [0, 0.1) is 0 Å². The van der Waals surface area contributed by atoms with Crippen LogP contribution in [-0.4, -0.2) is 33.2 Å². The number of sulfonamides is 1. The van der Waals surface area contributed by atoms with Crippen molar-refractivity contribution in [2.75, 3.05) is 22.4 Å². The van der Waals surface area contributed by atoms with Crippen molar-refractivity contribution in [3.63, 3.8) is 0 Å². The Bertz CT molecular complexity index is 1090. The molecule has 3 rings (SSSR count). The Kier molecular flexibility index (Phi) is 6.13. The molecule has 2 aromatic rings. The third-order valence-corrected chi connectivity index (χ3v) is 6.04. The molecule has 0 spiro atoms. The molecule has 12 heteroatoms. The molecule has 1 heterocycles. The summed E-state index contributed by atoms with van der Waals surface area (Å²) in [4.78, 5) is 12.7. The largest absolute Gasteiger partial charge is 0.478 e. The molecule has 1 N–H and O–H groups in total. The highest BCUT2D eigenvalue weighted by molar-refractivity contribution is 7.92. The molecular weight excluding hydrogens is 468 g/mol. The van der Waals surface area contributed by atoms with Crippen LogP contribution in [0.25, 0.3) is 0 Å². The number of benzene rings is 2. The monoisotopic (exact) mass is 482 g/mol. The first-order valence-corrected chi connectivity index (χ1v) is 11.1. The van der Waals surface area contributed by atoms with Crippen LogP contribution >= 0.6 is 23.2 Å². The first-order valence-electron chi connectivity index (χ1n) is 8.48. The van der Waals surface area contributed by atoms with Gasteiger partial charge in [-0.25, -0.2) is 8.42 Å². The molecular formula is C18H15Cl2F3N2O4S. The van der Waals surface area contributed by atoms with E-state index in [1.807, 2.05) is 0 Å². The van der Waals surface area contributed by atoms with Gasteiger partial charge in [0.15, 0.2) is 6.10 Å². The first-order chi connectivity index (χ1) is 13.9. The summed E-state index contributed by atoms with van der Waals surface area (Å²) in [5, 5.41) is 2.51. The summed E-state index contributed by atoms with van der Waals surface area (Å²) in [6, 6.07) is 6.81. The Morgan fingerprint density at radius 2 is 1.90 bits per heavy atom. The molecule has 0 saturated carbocycles. The lowest BCUT2D eigenvalue weighted by molar-refractivity contribution is -0.137. The Hall–Kier alpha value is -2.17. The molecule has 1 aliphatic rings. The smallest absolute Gasteiger partial charge is 0.416 e. The van der Waals surface area contributed by atoms with Gasteiger partial charge in [0.25, 0.3) is 5.91 Å². The summed E-state index contributed by atoms with van der Waals surface area (Å²) in [5.41, 5.74) is -1.05. The number of carbonyl (C=O) groups is 1. The van der Waals surface area contributed by atoms with Crippen molar-refractivity contribution in [2.45, 2.75) is 18.7 Å². The van der Waals surface area contributed by atoms with E-state index in [-0.39, 0.29) is 40.1 Å². The number of rotatable bonds is 3. The van der Waals surface area contributed by atoms with E-state index in [1.165, 1.54) is 18.2 Å². The predicted octanol–water partition coefficient (Wildman–Crippen LogP) is 4.57. The van der Waals surface area contributed by atoms with Crippen LogP contribution in [-0.2, 0) is 21.0 Å². The van der Waals surface area contributed by atoms with Crippen molar-refractivity contribution < 1.29 is 31.1 Å². The van der Waals surface area contributed by atoms with Crippen molar-refractivity contribution in [3.8, 4) is 5.75 Å². The van der Waals surface area contributed by atoms with Gasteiger partial charge >= 0.3 is 6.18 Å². The highest BCUT2D eigenvalue weighted by atomic mass is 35.5. The van der Waals surface area contributed by atoms with Gasteiger partial charge in [0.1, 0.15) is 5.75 Å². The van der Waals surface area contributed by atoms with E-state index in [4.69, 9.17) is 27.9 Å². The zero-order chi connectivity index (χ0) is 22.3. The van der Waals surface area contributed by atoms with E-state index in [0.717, 1.165) is 22.7 Å². The van der Waals surface area contributed by atoms with Crippen LogP contribution in [0.15, 0.2) is 36.4 Å². The van der Waals surface area contributed by atoms with Gasteiger partial charge in [-0.2, -0.15) is 13.2 Å². The molecule has 0 radical (unpaired) electrons. The van der Waals surface area contributed by atoms with E-state index in [9.17, 15) is 26.4 Å². The number of amides is 1. The molecule has 0 fully saturated rings. The summed E-state index contributed by atoms with van der Waals surface area (Å²) in [5.74, 6) is -0.676. The maximum atomic E-state index is 12.9. The lowest BCUT2D eigenvalue weighted by Gasteiger charge is -2.21. The molecule has 162 valence electrons. The van der Waals surface area contributed by atoms with Gasteiger partial charge in [0, 0.05) is 18.0 Å². The molecule has 6 nitrogen and oxygen atoms in total. The van der Waals surface area contributed by atoms with Crippen molar-refractivity contribution in [3.05, 3.63) is 52.0 Å². The van der Waals surface area contributed by atoms with Crippen molar-refractivity contribution in [2.24, 2.45) is 0 Å². The van der Waals surface area contributed by atoms with E-state index in [0.29, 0.717) is 6.07 Å². The molecule has 1 unspecified atom stereocenters. The Morgan fingerprint density at radius 1 is 1.20 bits per heavy atom. The lowest BCUT2D eigenvalue weighted by Crippen LogP contribution is -2.36. The Labute approximate surface area is 180 Å². The fourth-order valence-corrected chi connectivity index (χ4v) is 4.16. The van der Waals surface area contributed by atoms with Crippen LogP contribution in [0.3, 0.4) is 0 Å². The zero-order valence-electron chi connectivity index (χ0n) is 15.3. The normalized spacial score (nSPS) is 17.0. The molecule has 30 heavy (non-hydrogen) atoms. The number of fused-ring (bicyclic) bond motifs is 1. The van der Waals surface area contributed by atoms with Crippen LogP contribution in [0.5, 0.6) is 5.75 Å². The number of halogens is 5. The van der Waals surface area contributed by atoms with E-state index >= 15 is 0 Å². The van der Waals surface area contributed by atoms with Crippen molar-refractivity contribution in [1.82, 2.24) is 0 Å². The lowest BCUT2D eigenvalue weighted by atomic mass is 10.1. The summed E-state index contributed by atoms with van der Waals surface area (Å²) in [6.07, 6.45) is -4.85. The fourth-order valence-electron chi connectivity index (χ4n) is 2.89. The molecule has 2 aromatic carbocycles. The van der Waals surface area contributed by atoms with Crippen LogP contribution in [0.4, 0.5) is 24.5 Å². The second-order valence-corrected chi connectivity index (χ2v) is 9.27.